The van der Waals surface area contributed by atoms with E-state index in [1.54, 1.807) is 37.4 Å². The smallest absolute Gasteiger partial charge is 0.423 e. The Labute approximate surface area is 285 Å². The molecule has 5 rings (SSSR count). The Morgan fingerprint density at radius 1 is 1.24 bits per heavy atom. The number of rotatable bonds is 12. The second-order valence-electron chi connectivity index (χ2n) is 11.5. The normalized spacial score (nSPS) is 19.1. The van der Waals surface area contributed by atoms with Gasteiger partial charge in [0.05, 0.1) is 36.2 Å². The molecule has 1 aromatic carbocycles. The number of phosphoric acid groups is 1. The Morgan fingerprint density at radius 3 is 2.76 bits per heavy atom. The number of fused-ring (bicyclic) bond motifs is 1. The molecular weight excluding hydrogens is 676 g/mol. The van der Waals surface area contributed by atoms with Crippen molar-refractivity contribution < 1.29 is 53.2 Å². The highest BCUT2D eigenvalue weighted by atomic mass is 31.2. The fraction of sp³-hybridized carbons (Fsp3) is 0.333. The van der Waals surface area contributed by atoms with Crippen LogP contribution in [0.15, 0.2) is 60.7 Å². The Hall–Kier alpha value is -4.77. The number of phosphoric ester groups is 1. The van der Waals surface area contributed by atoms with E-state index in [0.29, 0.717) is 16.9 Å². The molecule has 1 unspecified atom stereocenters. The van der Waals surface area contributed by atoms with Crippen molar-refractivity contribution in [2.24, 2.45) is 0 Å². The molecular formula is C30H33BN7O11P. The van der Waals surface area contributed by atoms with Crippen molar-refractivity contribution in [1.82, 2.24) is 35.1 Å². The lowest BCUT2D eigenvalue weighted by Crippen LogP contribution is -2.43. The zero-order chi connectivity index (χ0) is 36.2. The van der Waals surface area contributed by atoms with E-state index in [2.05, 4.69) is 43.6 Å². The first-order chi connectivity index (χ1) is 23.7. The largest absolute Gasteiger partial charge is 0.490 e. The number of ether oxygens (including phenoxy) is 1. The van der Waals surface area contributed by atoms with E-state index in [-0.39, 0.29) is 55.1 Å². The molecule has 0 saturated carbocycles. The van der Waals surface area contributed by atoms with Crippen LogP contribution in [0.1, 0.15) is 24.2 Å². The summed E-state index contributed by atoms with van der Waals surface area (Å²) >= 11 is 0. The molecule has 3 atom stereocenters. The zero-order valence-corrected chi connectivity index (χ0v) is 27.5. The standard InChI is InChI=1S/C30H33BN7O11P/c1-18-32-30(42)20(13-38(18)28-12-25(40)26(49-28)17-48-50(45,46)47)7-10-23(39)11-9-22-15-37(35-34-22)16-27(41)36(2)14-21-8-6-19-4-3-5-24(31(43)44)29(19)33-21/h3-6,8,13,15,25-26,28,40,43-44H,1,9,11-12,14,16-17H2,2H3,(H,32,42)(H2,45,46,47)/t25?,26-,28-/m1/s1. The summed E-state index contributed by atoms with van der Waals surface area (Å²) in [6.45, 7) is 3.21. The summed E-state index contributed by atoms with van der Waals surface area (Å²) < 4.78 is 22.4. The minimum atomic E-state index is -4.78. The number of para-hydroxylation sites is 1. The topological polar surface area (TPSA) is 250 Å². The maximum atomic E-state index is 12.9. The average Bonchev–Trinajstić information content (AvgIpc) is 3.66. The molecule has 3 aromatic rings. The van der Waals surface area contributed by atoms with E-state index in [4.69, 9.17) is 14.5 Å². The van der Waals surface area contributed by atoms with E-state index >= 15 is 0 Å². The molecule has 2 aliphatic heterocycles. The maximum Gasteiger partial charge on any atom is 0.490 e. The summed E-state index contributed by atoms with van der Waals surface area (Å²) in [5.41, 5.74) is 1.59. The van der Waals surface area contributed by atoms with Crippen LogP contribution in [-0.2, 0) is 47.7 Å². The van der Waals surface area contributed by atoms with Gasteiger partial charge in [0.15, 0.2) is 0 Å². The molecule has 262 valence electrons. The average molecular weight is 709 g/mol. The first-order valence-corrected chi connectivity index (χ1v) is 16.7. The molecule has 20 heteroatoms. The van der Waals surface area contributed by atoms with Gasteiger partial charge in [0, 0.05) is 44.2 Å². The number of likely N-dealkylation sites (N-methyl/N-ethyl adjacent to an activating group) is 1. The SMILES string of the molecule is C=C1NC(=O)C(C#CC(=O)CCc2cn(CC(=O)N(C)Cc3ccc4cccc(B(O)O)c4n3)nn2)=CN1[C@H]1CC(O)[C@@H](COP(=O)(O)O)O1. The van der Waals surface area contributed by atoms with Crippen molar-refractivity contribution >= 4 is 48.9 Å². The minimum absolute atomic E-state index is 0.00238. The number of nitrogens with one attached hydrogen (secondary N) is 1. The van der Waals surface area contributed by atoms with Crippen LogP contribution in [0.2, 0.25) is 0 Å². The number of Topliss-reactive ketones (excluding diaryl/α,β-unsaturated/α-hetero) is 1. The number of carbonyl (C=O) groups is 3. The Kier molecular flexibility index (Phi) is 11.3. The maximum absolute atomic E-state index is 12.9. The summed E-state index contributed by atoms with van der Waals surface area (Å²) in [6, 6.07) is 8.59. The van der Waals surface area contributed by atoms with Crippen LogP contribution in [-0.4, -0.2) is 112 Å². The van der Waals surface area contributed by atoms with Crippen molar-refractivity contribution in [1.29, 1.82) is 0 Å². The number of carbonyl (C=O) groups excluding carboxylic acids is 3. The number of aliphatic hydroxyl groups excluding tert-OH is 1. The monoisotopic (exact) mass is 709 g/mol. The lowest BCUT2D eigenvalue weighted by molar-refractivity contribution is -0.131. The van der Waals surface area contributed by atoms with Gasteiger partial charge >= 0.3 is 14.9 Å². The van der Waals surface area contributed by atoms with Gasteiger partial charge in [0.25, 0.3) is 5.91 Å². The fourth-order valence-electron chi connectivity index (χ4n) is 5.16. The molecule has 50 heavy (non-hydrogen) atoms. The van der Waals surface area contributed by atoms with Crippen molar-refractivity contribution in [2.75, 3.05) is 13.7 Å². The van der Waals surface area contributed by atoms with Gasteiger partial charge in [0.1, 0.15) is 30.3 Å². The molecule has 0 spiro atoms. The number of aliphatic hydroxyl groups is 1. The molecule has 18 nitrogen and oxygen atoms in total. The second kappa shape index (κ2) is 15.4. The molecule has 6 N–H and O–H groups in total. The lowest BCUT2D eigenvalue weighted by atomic mass is 9.79. The van der Waals surface area contributed by atoms with E-state index in [1.807, 2.05) is 0 Å². The van der Waals surface area contributed by atoms with Crippen LogP contribution < -0.4 is 10.8 Å². The van der Waals surface area contributed by atoms with E-state index in [0.717, 1.165) is 5.39 Å². The number of aryl methyl sites for hydroxylation is 1. The summed E-state index contributed by atoms with van der Waals surface area (Å²) in [4.78, 5) is 63.1. The highest BCUT2D eigenvalue weighted by Gasteiger charge is 2.40. The molecule has 0 radical (unpaired) electrons. The lowest BCUT2D eigenvalue weighted by Gasteiger charge is -2.32. The van der Waals surface area contributed by atoms with Gasteiger partial charge in [0.2, 0.25) is 11.7 Å². The van der Waals surface area contributed by atoms with Gasteiger partial charge in [-0.05, 0) is 17.4 Å². The molecule has 4 heterocycles. The number of hydrogen-bond acceptors (Lipinski definition) is 13. The number of pyridine rings is 1. The molecule has 1 saturated heterocycles. The summed E-state index contributed by atoms with van der Waals surface area (Å²) in [5.74, 6) is 3.64. The quantitative estimate of drug-likeness (QED) is 0.0517. The van der Waals surface area contributed by atoms with Gasteiger partial charge < -0.3 is 44.8 Å². The Morgan fingerprint density at radius 2 is 2.02 bits per heavy atom. The van der Waals surface area contributed by atoms with Crippen LogP contribution in [0.3, 0.4) is 0 Å². The number of nitrogens with zero attached hydrogens (tertiary/aromatic N) is 6. The van der Waals surface area contributed by atoms with E-state index in [9.17, 15) is 34.1 Å². The number of amides is 2. The van der Waals surface area contributed by atoms with Crippen LogP contribution in [0.5, 0.6) is 0 Å². The molecule has 2 aromatic heterocycles. The predicted molar refractivity (Wildman–Crippen MR) is 174 cm³/mol. The van der Waals surface area contributed by atoms with Crippen LogP contribution in [0.25, 0.3) is 10.9 Å². The van der Waals surface area contributed by atoms with Crippen molar-refractivity contribution in [3.05, 3.63) is 72.1 Å². The molecule has 2 amide bonds. The summed E-state index contributed by atoms with van der Waals surface area (Å²) in [7, 11) is -4.87. The number of aromatic nitrogens is 4. The van der Waals surface area contributed by atoms with Gasteiger partial charge in [-0.2, -0.15) is 0 Å². The number of ketones is 1. The van der Waals surface area contributed by atoms with E-state index < -0.39 is 51.7 Å². The molecule has 0 aliphatic carbocycles. The third-order valence-electron chi connectivity index (χ3n) is 7.74. The molecule has 2 aliphatic rings. The van der Waals surface area contributed by atoms with Crippen molar-refractivity contribution in [3.8, 4) is 11.8 Å². The van der Waals surface area contributed by atoms with Gasteiger partial charge in [-0.1, -0.05) is 42.0 Å². The van der Waals surface area contributed by atoms with Gasteiger partial charge in [-0.3, -0.25) is 23.9 Å². The van der Waals surface area contributed by atoms with Crippen LogP contribution >= 0.6 is 7.82 Å². The van der Waals surface area contributed by atoms with Gasteiger partial charge in [-0.15, -0.1) is 5.10 Å². The second-order valence-corrected chi connectivity index (χ2v) is 12.7. The highest BCUT2D eigenvalue weighted by molar-refractivity contribution is 7.46. The third-order valence-corrected chi connectivity index (χ3v) is 8.23. The van der Waals surface area contributed by atoms with E-state index in [1.165, 1.54) is 26.9 Å². The summed E-state index contributed by atoms with van der Waals surface area (Å²) in [5, 5.41) is 40.8. The molecule has 1 fully saturated rings. The number of benzene rings is 1. The zero-order valence-electron chi connectivity index (χ0n) is 26.6. The predicted octanol–water partition coefficient (Wildman–Crippen LogP) is -1.96. The van der Waals surface area contributed by atoms with Crippen molar-refractivity contribution in [2.45, 2.75) is 50.8 Å². The Balaban J connectivity index is 1.13. The Bertz CT molecular complexity index is 1950. The third kappa shape index (κ3) is 9.27. The molecule has 0 bridgehead atoms. The first-order valence-electron chi connectivity index (χ1n) is 15.1. The van der Waals surface area contributed by atoms with Crippen molar-refractivity contribution in [3.63, 3.8) is 0 Å². The summed E-state index contributed by atoms with van der Waals surface area (Å²) in [6.07, 6.45) is -0.0879. The fourth-order valence-corrected chi connectivity index (χ4v) is 5.50. The van der Waals surface area contributed by atoms with Crippen LogP contribution in [0, 0.1) is 11.8 Å². The van der Waals surface area contributed by atoms with Crippen LogP contribution in [0.4, 0.5) is 0 Å². The van der Waals surface area contributed by atoms with Gasteiger partial charge in [-0.25, -0.2) is 9.25 Å². The number of hydrogen-bond donors (Lipinski definition) is 6. The highest BCUT2D eigenvalue weighted by Crippen LogP contribution is 2.37. The minimum Gasteiger partial charge on any atom is -0.423 e. The first kappa shape index (κ1) is 36.5.